The number of rotatable bonds is 8. The standard InChI is InChI=1S/C31H25F2N7O6S2/c32-20-7-12-24(33)23(16-20)26-2-1-15-40(26)27-14-13-25-28(37-27)29(36-17-35-25)38-30(41)18-5-10-22(11-6-18)48(45,46)39-31(42)19-3-8-21(9-4-19)47(34,43)44/h3-14,16-17,26H,1-2,15H2,(H,39,42)(H2,34,43,44)(H,35,36,38,41)/t26-/m1/s1. The fourth-order valence-electron chi connectivity index (χ4n) is 5.32. The van der Waals surface area contributed by atoms with Crippen LogP contribution in [0.15, 0.2) is 95.0 Å². The first-order chi connectivity index (χ1) is 22.8. The summed E-state index contributed by atoms with van der Waals surface area (Å²) in [5.74, 6) is -2.21. The molecule has 5 aromatic rings. The Labute approximate surface area is 273 Å². The lowest BCUT2D eigenvalue weighted by Crippen LogP contribution is -2.30. The number of benzene rings is 3. The summed E-state index contributed by atoms with van der Waals surface area (Å²) in [5, 5.41) is 7.69. The highest BCUT2D eigenvalue weighted by atomic mass is 32.2. The molecule has 17 heteroatoms. The van der Waals surface area contributed by atoms with Gasteiger partial charge >= 0.3 is 0 Å². The SMILES string of the molecule is NS(=O)(=O)c1ccc(C(=O)NS(=O)(=O)c2ccc(C(=O)Nc3ncnc4ccc(N5CCC[C@@H]5c5cc(F)ccc5F)nc34)cc2)cc1. The Bertz CT molecular complexity index is 2290. The predicted molar refractivity (Wildman–Crippen MR) is 170 cm³/mol. The number of fused-ring (bicyclic) bond motifs is 1. The molecular weight excluding hydrogens is 669 g/mol. The van der Waals surface area contributed by atoms with Crippen LogP contribution in [0.1, 0.15) is 45.2 Å². The average molecular weight is 694 g/mol. The molecule has 0 spiro atoms. The van der Waals surface area contributed by atoms with Crippen molar-refractivity contribution in [2.24, 2.45) is 5.14 Å². The van der Waals surface area contributed by atoms with Crippen LogP contribution in [0.2, 0.25) is 0 Å². The number of hydrogen-bond acceptors (Lipinski definition) is 10. The fourth-order valence-corrected chi connectivity index (χ4v) is 6.81. The molecule has 0 saturated carbocycles. The molecule has 0 unspecified atom stereocenters. The third-order valence-corrected chi connectivity index (χ3v) is 9.94. The topological polar surface area (TPSA) is 194 Å². The van der Waals surface area contributed by atoms with Crippen LogP contribution in [0, 0.1) is 11.6 Å². The number of carbonyl (C=O) groups is 2. The minimum Gasteiger partial charge on any atom is -0.349 e. The Hall–Kier alpha value is -5.39. The lowest BCUT2D eigenvalue weighted by Gasteiger charge is -2.26. The number of aromatic nitrogens is 3. The number of anilines is 2. The molecule has 1 aliphatic rings. The zero-order valence-electron chi connectivity index (χ0n) is 24.7. The summed E-state index contributed by atoms with van der Waals surface area (Å²) in [6, 6.07) is 15.3. The van der Waals surface area contributed by atoms with E-state index < -0.39 is 49.5 Å². The second kappa shape index (κ2) is 12.7. The highest BCUT2D eigenvalue weighted by Crippen LogP contribution is 2.37. The Balaban J connectivity index is 1.19. The van der Waals surface area contributed by atoms with Gasteiger partial charge in [-0.1, -0.05) is 0 Å². The van der Waals surface area contributed by atoms with Crippen molar-refractivity contribution in [3.8, 4) is 0 Å². The number of nitrogens with two attached hydrogens (primary N) is 1. The molecule has 0 aliphatic carbocycles. The monoisotopic (exact) mass is 693 g/mol. The maximum atomic E-state index is 14.6. The van der Waals surface area contributed by atoms with E-state index in [0.29, 0.717) is 24.3 Å². The molecule has 0 bridgehead atoms. The molecule has 3 aromatic carbocycles. The smallest absolute Gasteiger partial charge is 0.264 e. The molecular formula is C31H25F2N7O6S2. The molecule has 48 heavy (non-hydrogen) atoms. The number of amides is 2. The first-order valence-corrected chi connectivity index (χ1v) is 17.3. The van der Waals surface area contributed by atoms with E-state index in [2.05, 4.69) is 20.3 Å². The molecule has 2 amide bonds. The van der Waals surface area contributed by atoms with Crippen LogP contribution in [0.25, 0.3) is 11.0 Å². The van der Waals surface area contributed by atoms with E-state index in [4.69, 9.17) is 5.14 Å². The molecule has 2 aromatic heterocycles. The number of pyridine rings is 1. The van der Waals surface area contributed by atoms with Gasteiger partial charge in [-0.2, -0.15) is 0 Å². The molecule has 1 aliphatic heterocycles. The largest absolute Gasteiger partial charge is 0.349 e. The van der Waals surface area contributed by atoms with E-state index in [1.165, 1.54) is 24.5 Å². The highest BCUT2D eigenvalue weighted by Gasteiger charge is 2.30. The highest BCUT2D eigenvalue weighted by molar-refractivity contribution is 7.90. The Kier molecular flexibility index (Phi) is 8.59. The number of nitrogens with one attached hydrogen (secondary N) is 2. The minimum atomic E-state index is -4.37. The third-order valence-electron chi connectivity index (χ3n) is 7.66. The first kappa shape index (κ1) is 32.5. The van der Waals surface area contributed by atoms with Crippen LogP contribution in [0.5, 0.6) is 0 Å². The quantitative estimate of drug-likeness (QED) is 0.216. The van der Waals surface area contributed by atoms with Crippen molar-refractivity contribution in [3.05, 3.63) is 114 Å². The van der Waals surface area contributed by atoms with Gasteiger partial charge in [0.05, 0.1) is 21.3 Å². The lowest BCUT2D eigenvalue weighted by molar-refractivity contribution is 0.0979. The number of sulfonamides is 2. The summed E-state index contributed by atoms with van der Waals surface area (Å²) in [5.41, 5.74) is 0.803. The van der Waals surface area contributed by atoms with Crippen LogP contribution in [-0.4, -0.2) is 50.1 Å². The summed E-state index contributed by atoms with van der Waals surface area (Å²) in [6.07, 6.45) is 2.54. The average Bonchev–Trinajstić information content (AvgIpc) is 3.55. The van der Waals surface area contributed by atoms with Crippen LogP contribution >= 0.6 is 0 Å². The van der Waals surface area contributed by atoms with Crippen molar-refractivity contribution in [1.82, 2.24) is 19.7 Å². The van der Waals surface area contributed by atoms with Gasteiger partial charge in [0.15, 0.2) is 5.82 Å². The van der Waals surface area contributed by atoms with Crippen molar-refractivity contribution >= 4 is 54.5 Å². The van der Waals surface area contributed by atoms with Crippen molar-refractivity contribution in [2.75, 3.05) is 16.8 Å². The molecule has 1 saturated heterocycles. The molecule has 13 nitrogen and oxygen atoms in total. The van der Waals surface area contributed by atoms with E-state index in [1.54, 1.807) is 12.1 Å². The number of primary sulfonamides is 1. The maximum absolute atomic E-state index is 14.6. The van der Waals surface area contributed by atoms with Gasteiger partial charge in [0.1, 0.15) is 29.3 Å². The van der Waals surface area contributed by atoms with Gasteiger partial charge in [-0.25, -0.2) is 50.4 Å². The van der Waals surface area contributed by atoms with E-state index in [0.717, 1.165) is 55.0 Å². The maximum Gasteiger partial charge on any atom is 0.264 e. The molecule has 1 fully saturated rings. The number of carbonyl (C=O) groups excluding carboxylic acids is 2. The molecule has 1 atom stereocenters. The molecule has 3 heterocycles. The Morgan fingerprint density at radius 2 is 1.50 bits per heavy atom. The predicted octanol–water partition coefficient (Wildman–Crippen LogP) is 3.66. The minimum absolute atomic E-state index is 0.0583. The van der Waals surface area contributed by atoms with Gasteiger partial charge in [-0.3, -0.25) is 9.59 Å². The fraction of sp³-hybridized carbons (Fsp3) is 0.129. The first-order valence-electron chi connectivity index (χ1n) is 14.2. The van der Waals surface area contributed by atoms with Gasteiger partial charge in [0.2, 0.25) is 10.0 Å². The van der Waals surface area contributed by atoms with Crippen LogP contribution in [0.4, 0.5) is 20.4 Å². The number of nitrogens with zero attached hydrogens (tertiary/aromatic N) is 4. The molecule has 4 N–H and O–H groups in total. The van der Waals surface area contributed by atoms with Crippen molar-refractivity contribution < 1.29 is 35.2 Å². The van der Waals surface area contributed by atoms with Gasteiger partial charge in [0.25, 0.3) is 21.8 Å². The molecule has 246 valence electrons. The van der Waals surface area contributed by atoms with E-state index in [1.807, 2.05) is 9.62 Å². The third kappa shape index (κ3) is 6.69. The Morgan fingerprint density at radius 1 is 0.833 bits per heavy atom. The number of halogens is 2. The summed E-state index contributed by atoms with van der Waals surface area (Å²) >= 11 is 0. The zero-order valence-corrected chi connectivity index (χ0v) is 26.3. The van der Waals surface area contributed by atoms with Gasteiger partial charge in [-0.15, -0.1) is 0 Å². The van der Waals surface area contributed by atoms with Crippen LogP contribution < -0.4 is 20.1 Å². The lowest BCUT2D eigenvalue weighted by atomic mass is 10.0. The van der Waals surface area contributed by atoms with Crippen molar-refractivity contribution in [1.29, 1.82) is 0 Å². The second-order valence-electron chi connectivity index (χ2n) is 10.8. The number of hydrogen-bond donors (Lipinski definition) is 3. The Morgan fingerprint density at radius 3 is 2.19 bits per heavy atom. The summed E-state index contributed by atoms with van der Waals surface area (Å²) in [4.78, 5) is 40.0. The molecule has 0 radical (unpaired) electrons. The van der Waals surface area contributed by atoms with Crippen LogP contribution in [0.3, 0.4) is 0 Å². The summed E-state index contributed by atoms with van der Waals surface area (Å²) in [6.45, 7) is 0.537. The van der Waals surface area contributed by atoms with Gasteiger partial charge in [0, 0.05) is 23.2 Å². The van der Waals surface area contributed by atoms with E-state index >= 15 is 0 Å². The van der Waals surface area contributed by atoms with Crippen molar-refractivity contribution in [2.45, 2.75) is 28.7 Å². The van der Waals surface area contributed by atoms with Crippen molar-refractivity contribution in [3.63, 3.8) is 0 Å². The van der Waals surface area contributed by atoms with E-state index in [9.17, 15) is 35.2 Å². The normalized spacial score (nSPS) is 15.0. The van der Waals surface area contributed by atoms with Gasteiger partial charge < -0.3 is 10.2 Å². The summed E-state index contributed by atoms with van der Waals surface area (Å²) in [7, 11) is -8.38. The van der Waals surface area contributed by atoms with Gasteiger partial charge in [-0.05, 0) is 91.7 Å². The van der Waals surface area contributed by atoms with E-state index in [-0.39, 0.29) is 37.8 Å². The second-order valence-corrected chi connectivity index (χ2v) is 14.0. The zero-order chi connectivity index (χ0) is 34.2. The molecule has 6 rings (SSSR count). The van der Waals surface area contributed by atoms with Crippen LogP contribution in [-0.2, 0) is 20.0 Å². The summed E-state index contributed by atoms with van der Waals surface area (Å²) < 4.78 is 79.0.